The molecule has 1 aromatic heterocycles. The Morgan fingerprint density at radius 2 is 2.04 bits per heavy atom. The number of carbonyl (C=O) groups is 1. The van der Waals surface area contributed by atoms with Gasteiger partial charge in [0.05, 0.1) is 30.1 Å². The van der Waals surface area contributed by atoms with Crippen LogP contribution < -0.4 is 10.1 Å². The third-order valence-corrected chi connectivity index (χ3v) is 4.52. The van der Waals surface area contributed by atoms with Gasteiger partial charge >= 0.3 is 0 Å². The predicted octanol–water partition coefficient (Wildman–Crippen LogP) is 3.64. The molecule has 0 aliphatic carbocycles. The van der Waals surface area contributed by atoms with Crippen LogP contribution in [0.15, 0.2) is 54.7 Å². The monoisotopic (exact) mass is 333 g/mol. The average molecular weight is 333 g/mol. The molecule has 0 saturated heterocycles. The maximum absolute atomic E-state index is 12.9. The van der Waals surface area contributed by atoms with E-state index in [1.807, 2.05) is 55.5 Å². The molecule has 0 saturated carbocycles. The number of aromatic amines is 1. The molecule has 2 N–H and O–H groups in total. The van der Waals surface area contributed by atoms with Crippen LogP contribution in [0.2, 0.25) is 0 Å². The number of para-hydroxylation sites is 1. The molecule has 4 rings (SSSR count). The van der Waals surface area contributed by atoms with Crippen molar-refractivity contribution in [2.45, 2.75) is 19.4 Å². The molecule has 5 nitrogen and oxygen atoms in total. The molecule has 0 bridgehead atoms. The summed E-state index contributed by atoms with van der Waals surface area (Å²) in [6, 6.07) is 15.7. The van der Waals surface area contributed by atoms with Crippen LogP contribution in [0, 0.1) is 6.92 Å². The first-order valence-corrected chi connectivity index (χ1v) is 8.36. The van der Waals surface area contributed by atoms with Gasteiger partial charge in [0.2, 0.25) is 0 Å². The fraction of sp³-hybridized carbons (Fsp3) is 0.200. The van der Waals surface area contributed by atoms with Crippen molar-refractivity contribution in [1.82, 2.24) is 15.5 Å². The lowest BCUT2D eigenvalue weighted by Crippen LogP contribution is -2.32. The molecule has 2 heterocycles. The van der Waals surface area contributed by atoms with Crippen molar-refractivity contribution in [1.29, 1.82) is 0 Å². The summed E-state index contributed by atoms with van der Waals surface area (Å²) in [6.07, 6.45) is 2.33. The van der Waals surface area contributed by atoms with E-state index in [2.05, 4.69) is 15.5 Å². The number of hydrogen-bond acceptors (Lipinski definition) is 3. The molecule has 1 atom stereocenters. The van der Waals surface area contributed by atoms with Crippen LogP contribution >= 0.6 is 0 Å². The van der Waals surface area contributed by atoms with Crippen molar-refractivity contribution < 1.29 is 9.53 Å². The van der Waals surface area contributed by atoms with Crippen molar-refractivity contribution in [2.24, 2.45) is 0 Å². The van der Waals surface area contributed by atoms with Crippen LogP contribution in [0.4, 0.5) is 0 Å². The zero-order valence-electron chi connectivity index (χ0n) is 14.0. The standard InChI is InChI=1S/C20H19N3O2/c1-13-6-5-9-15-17(10-11-25-19(13)15)22-20(24)16-12-21-23-18(16)14-7-3-2-4-8-14/h2-9,12,17H,10-11H2,1H3,(H,21,23)(H,22,24)/t17-/m0/s1. The van der Waals surface area contributed by atoms with E-state index >= 15 is 0 Å². The lowest BCUT2D eigenvalue weighted by molar-refractivity contribution is 0.0925. The van der Waals surface area contributed by atoms with Crippen molar-refractivity contribution in [3.63, 3.8) is 0 Å². The first-order valence-electron chi connectivity index (χ1n) is 8.36. The fourth-order valence-electron chi connectivity index (χ4n) is 3.25. The molecule has 0 unspecified atom stereocenters. The van der Waals surface area contributed by atoms with Crippen molar-refractivity contribution >= 4 is 5.91 Å². The summed E-state index contributed by atoms with van der Waals surface area (Å²) in [5.74, 6) is 0.751. The largest absolute Gasteiger partial charge is 0.493 e. The summed E-state index contributed by atoms with van der Waals surface area (Å²) in [4.78, 5) is 12.9. The third-order valence-electron chi connectivity index (χ3n) is 4.52. The Kier molecular flexibility index (Phi) is 3.98. The Hall–Kier alpha value is -3.08. The summed E-state index contributed by atoms with van der Waals surface area (Å²) in [5, 5.41) is 10.1. The van der Waals surface area contributed by atoms with E-state index < -0.39 is 0 Å². The Bertz CT molecular complexity index is 902. The number of carbonyl (C=O) groups excluding carboxylic acids is 1. The van der Waals surface area contributed by atoms with Crippen molar-refractivity contribution in [3.8, 4) is 17.0 Å². The number of amides is 1. The number of nitrogens with one attached hydrogen (secondary N) is 2. The Morgan fingerprint density at radius 1 is 1.20 bits per heavy atom. The molecular formula is C20H19N3O2. The summed E-state index contributed by atoms with van der Waals surface area (Å²) >= 11 is 0. The molecule has 126 valence electrons. The molecule has 5 heteroatoms. The van der Waals surface area contributed by atoms with E-state index in [9.17, 15) is 4.79 Å². The van der Waals surface area contributed by atoms with Crippen LogP contribution in [-0.2, 0) is 0 Å². The summed E-state index contributed by atoms with van der Waals surface area (Å²) in [6.45, 7) is 2.62. The first kappa shape index (κ1) is 15.4. The number of hydrogen-bond donors (Lipinski definition) is 2. The number of rotatable bonds is 3. The molecule has 0 spiro atoms. The summed E-state index contributed by atoms with van der Waals surface area (Å²) in [7, 11) is 0. The zero-order valence-corrected chi connectivity index (χ0v) is 14.0. The van der Waals surface area contributed by atoms with Gasteiger partial charge in [-0.3, -0.25) is 9.89 Å². The van der Waals surface area contributed by atoms with Crippen LogP contribution in [0.25, 0.3) is 11.3 Å². The lowest BCUT2D eigenvalue weighted by Gasteiger charge is -2.27. The predicted molar refractivity (Wildman–Crippen MR) is 95.5 cm³/mol. The first-order chi connectivity index (χ1) is 12.2. The Morgan fingerprint density at radius 3 is 2.88 bits per heavy atom. The van der Waals surface area contributed by atoms with Gasteiger partial charge in [0.1, 0.15) is 5.75 Å². The van der Waals surface area contributed by atoms with Crippen molar-refractivity contribution in [3.05, 3.63) is 71.4 Å². The van der Waals surface area contributed by atoms with Crippen molar-refractivity contribution in [2.75, 3.05) is 6.61 Å². The highest BCUT2D eigenvalue weighted by atomic mass is 16.5. The maximum atomic E-state index is 12.9. The van der Waals surface area contributed by atoms with E-state index in [0.717, 1.165) is 34.6 Å². The second-order valence-corrected chi connectivity index (χ2v) is 6.18. The highest BCUT2D eigenvalue weighted by Gasteiger charge is 2.25. The number of fused-ring (bicyclic) bond motifs is 1. The van der Waals surface area contributed by atoms with Crippen LogP contribution in [0.1, 0.15) is 33.9 Å². The van der Waals surface area contributed by atoms with Gasteiger partial charge in [0, 0.05) is 17.5 Å². The molecule has 1 aliphatic rings. The van der Waals surface area contributed by atoms with E-state index in [4.69, 9.17) is 4.74 Å². The number of nitrogens with zero attached hydrogens (tertiary/aromatic N) is 1. The van der Waals surface area contributed by atoms with Gasteiger partial charge in [-0.15, -0.1) is 0 Å². The minimum Gasteiger partial charge on any atom is -0.493 e. The molecule has 2 aromatic carbocycles. The highest BCUT2D eigenvalue weighted by molar-refractivity contribution is 6.00. The van der Waals surface area contributed by atoms with Crippen LogP contribution in [0.5, 0.6) is 5.75 Å². The number of ether oxygens (including phenoxy) is 1. The highest BCUT2D eigenvalue weighted by Crippen LogP contribution is 2.34. The second kappa shape index (κ2) is 6.43. The number of aromatic nitrogens is 2. The van der Waals surface area contributed by atoms with E-state index in [0.29, 0.717) is 12.2 Å². The molecule has 0 fully saturated rings. The van der Waals surface area contributed by atoms with Gasteiger partial charge in [-0.1, -0.05) is 48.5 Å². The van der Waals surface area contributed by atoms with Crippen LogP contribution in [-0.4, -0.2) is 22.7 Å². The van der Waals surface area contributed by atoms with Gasteiger partial charge in [-0.25, -0.2) is 0 Å². The topological polar surface area (TPSA) is 67.0 Å². The van der Waals surface area contributed by atoms with Gasteiger partial charge in [0.25, 0.3) is 5.91 Å². The molecule has 0 radical (unpaired) electrons. The maximum Gasteiger partial charge on any atom is 0.255 e. The smallest absolute Gasteiger partial charge is 0.255 e. The third kappa shape index (κ3) is 2.89. The minimum atomic E-state index is -0.132. The summed E-state index contributed by atoms with van der Waals surface area (Å²) < 4.78 is 5.78. The Labute approximate surface area is 146 Å². The second-order valence-electron chi connectivity index (χ2n) is 6.18. The Balaban J connectivity index is 1.61. The van der Waals surface area contributed by atoms with Gasteiger partial charge in [-0.05, 0) is 12.5 Å². The molecule has 3 aromatic rings. The summed E-state index contributed by atoms with van der Waals surface area (Å²) in [5.41, 5.74) is 4.34. The number of aryl methyl sites for hydroxylation is 1. The number of H-pyrrole nitrogens is 1. The molecule has 1 amide bonds. The average Bonchev–Trinajstić information content (AvgIpc) is 3.13. The number of benzene rings is 2. The molecular weight excluding hydrogens is 314 g/mol. The van der Waals surface area contributed by atoms with E-state index in [1.165, 1.54) is 0 Å². The molecule has 25 heavy (non-hydrogen) atoms. The SMILES string of the molecule is Cc1cccc2c1OCC[C@@H]2NC(=O)c1cn[nH]c1-c1ccccc1. The molecule has 1 aliphatic heterocycles. The van der Waals surface area contributed by atoms with Gasteiger partial charge in [0.15, 0.2) is 0 Å². The van der Waals surface area contributed by atoms with E-state index in [-0.39, 0.29) is 11.9 Å². The van der Waals surface area contributed by atoms with Gasteiger partial charge in [-0.2, -0.15) is 5.10 Å². The minimum absolute atomic E-state index is 0.0605. The zero-order chi connectivity index (χ0) is 17.2. The van der Waals surface area contributed by atoms with Gasteiger partial charge < -0.3 is 10.1 Å². The quantitative estimate of drug-likeness (QED) is 0.769. The van der Waals surface area contributed by atoms with E-state index in [1.54, 1.807) is 6.20 Å². The fourth-order valence-corrected chi connectivity index (χ4v) is 3.25. The van der Waals surface area contributed by atoms with Crippen LogP contribution in [0.3, 0.4) is 0 Å². The normalized spacial score (nSPS) is 16.0. The lowest BCUT2D eigenvalue weighted by atomic mass is 9.97.